The molecule has 0 fully saturated rings. The molecule has 4 N–H and O–H groups in total. The standard InChI is InChI=1S/C22H21N3O4/c1-3-7-23-11-14-8-13-9-16-12(10-17(13)25(14)2)5-4-6-15-19(16)24-21(27)18(20(15)26)22(28)29/h1,8-10,23H,4-7,11H2,2H3,(H,28,29)(H2,24,26,27). The molecule has 1 aliphatic carbocycles. The van der Waals surface area contributed by atoms with Gasteiger partial charge in [0.05, 0.1) is 12.2 Å². The largest absolute Gasteiger partial charge is 0.506 e. The summed E-state index contributed by atoms with van der Waals surface area (Å²) in [6.45, 7) is 1.12. The Morgan fingerprint density at radius 2 is 2.14 bits per heavy atom. The number of hydrogen-bond donors (Lipinski definition) is 4. The Bertz CT molecular complexity index is 1240. The van der Waals surface area contributed by atoms with Crippen molar-refractivity contribution in [2.24, 2.45) is 7.05 Å². The number of nitrogens with zero attached hydrogens (tertiary/aromatic N) is 1. The predicted octanol–water partition coefficient (Wildman–Crippen LogP) is 2.15. The lowest BCUT2D eigenvalue weighted by Gasteiger charge is -2.13. The van der Waals surface area contributed by atoms with Crippen molar-refractivity contribution in [1.29, 1.82) is 0 Å². The van der Waals surface area contributed by atoms with Crippen LogP contribution in [-0.2, 0) is 26.4 Å². The Morgan fingerprint density at radius 3 is 2.86 bits per heavy atom. The lowest BCUT2D eigenvalue weighted by Crippen LogP contribution is -2.20. The molecule has 29 heavy (non-hydrogen) atoms. The molecule has 7 nitrogen and oxygen atoms in total. The topological polar surface area (TPSA) is 107 Å². The number of benzene rings is 1. The van der Waals surface area contributed by atoms with E-state index in [4.69, 9.17) is 6.42 Å². The average molecular weight is 391 g/mol. The molecule has 0 bridgehead atoms. The van der Waals surface area contributed by atoms with Crippen LogP contribution in [0, 0.1) is 12.3 Å². The zero-order valence-corrected chi connectivity index (χ0v) is 16.0. The van der Waals surface area contributed by atoms with Crippen LogP contribution in [0.5, 0.6) is 5.75 Å². The minimum Gasteiger partial charge on any atom is -0.506 e. The number of aromatic carboxylic acids is 1. The first-order chi connectivity index (χ1) is 13.9. The number of nitrogens with one attached hydrogen (secondary N) is 2. The number of pyridine rings is 1. The fourth-order valence-corrected chi connectivity index (χ4v) is 4.11. The second kappa shape index (κ2) is 7.15. The summed E-state index contributed by atoms with van der Waals surface area (Å²) >= 11 is 0. The number of aryl methyl sites for hydroxylation is 2. The van der Waals surface area contributed by atoms with Crippen molar-refractivity contribution in [3.63, 3.8) is 0 Å². The summed E-state index contributed by atoms with van der Waals surface area (Å²) in [6.07, 6.45) is 7.29. The van der Waals surface area contributed by atoms with Crippen LogP contribution in [0.4, 0.5) is 0 Å². The van der Waals surface area contributed by atoms with Gasteiger partial charge < -0.3 is 25.1 Å². The fraction of sp³-hybridized carbons (Fsp3) is 0.273. The van der Waals surface area contributed by atoms with Crippen molar-refractivity contribution in [2.45, 2.75) is 25.8 Å². The fourth-order valence-electron chi connectivity index (χ4n) is 4.11. The third-order valence-electron chi connectivity index (χ3n) is 5.55. The molecule has 0 atom stereocenters. The van der Waals surface area contributed by atoms with Crippen molar-refractivity contribution < 1.29 is 15.0 Å². The van der Waals surface area contributed by atoms with Gasteiger partial charge in [-0.05, 0) is 43.0 Å². The van der Waals surface area contributed by atoms with E-state index < -0.39 is 22.8 Å². The molecule has 0 unspecified atom stereocenters. The van der Waals surface area contributed by atoms with Gasteiger partial charge in [0.2, 0.25) is 0 Å². The number of rotatable bonds is 4. The van der Waals surface area contributed by atoms with Crippen LogP contribution >= 0.6 is 0 Å². The SMILES string of the molecule is C#CCNCc1cc2cc3c(cc2n1C)CCCc1c-3[nH]c(=O)c(C(=O)O)c1O. The molecule has 7 heteroatoms. The molecule has 148 valence electrons. The maximum Gasteiger partial charge on any atom is 0.345 e. The molecule has 3 aromatic rings. The molecule has 1 aromatic carbocycles. The number of aromatic amines is 1. The molecule has 0 saturated heterocycles. The van der Waals surface area contributed by atoms with Gasteiger partial charge in [0, 0.05) is 41.3 Å². The predicted molar refractivity (Wildman–Crippen MR) is 110 cm³/mol. The van der Waals surface area contributed by atoms with Gasteiger partial charge in [0.25, 0.3) is 5.56 Å². The third kappa shape index (κ3) is 3.08. The van der Waals surface area contributed by atoms with Crippen LogP contribution in [-0.4, -0.2) is 32.3 Å². The highest BCUT2D eigenvalue weighted by Crippen LogP contribution is 2.38. The first-order valence-electron chi connectivity index (χ1n) is 9.39. The number of aromatic hydroxyl groups is 1. The Kier molecular flexibility index (Phi) is 4.65. The van der Waals surface area contributed by atoms with E-state index >= 15 is 0 Å². The second-order valence-electron chi connectivity index (χ2n) is 7.26. The highest BCUT2D eigenvalue weighted by Gasteiger charge is 2.26. The summed E-state index contributed by atoms with van der Waals surface area (Å²) in [5.41, 5.74) is 3.60. The summed E-state index contributed by atoms with van der Waals surface area (Å²) in [4.78, 5) is 26.4. The van der Waals surface area contributed by atoms with E-state index in [2.05, 4.69) is 32.9 Å². The summed E-state index contributed by atoms with van der Waals surface area (Å²) in [5, 5.41) is 24.0. The van der Waals surface area contributed by atoms with Crippen molar-refractivity contribution in [1.82, 2.24) is 14.9 Å². The summed E-state index contributed by atoms with van der Waals surface area (Å²) in [6, 6.07) is 6.16. The van der Waals surface area contributed by atoms with Crippen molar-refractivity contribution >= 4 is 16.9 Å². The molecule has 2 aromatic heterocycles. The number of terminal acetylenes is 1. The average Bonchev–Trinajstić information content (AvgIpc) is 2.86. The Labute approximate surface area is 167 Å². The molecular formula is C22H21N3O4. The first-order valence-corrected chi connectivity index (χ1v) is 9.39. The van der Waals surface area contributed by atoms with E-state index in [0.717, 1.165) is 40.6 Å². The van der Waals surface area contributed by atoms with E-state index in [-0.39, 0.29) is 0 Å². The lowest BCUT2D eigenvalue weighted by molar-refractivity contribution is 0.0691. The highest BCUT2D eigenvalue weighted by atomic mass is 16.4. The molecule has 4 rings (SSSR count). The van der Waals surface area contributed by atoms with E-state index in [0.29, 0.717) is 30.8 Å². The van der Waals surface area contributed by atoms with E-state index in [9.17, 15) is 19.8 Å². The van der Waals surface area contributed by atoms with Gasteiger partial charge in [-0.25, -0.2) is 4.79 Å². The van der Waals surface area contributed by atoms with Crippen molar-refractivity contribution in [3.8, 4) is 29.4 Å². The second-order valence-corrected chi connectivity index (χ2v) is 7.26. The van der Waals surface area contributed by atoms with Crippen LogP contribution in [0.3, 0.4) is 0 Å². The van der Waals surface area contributed by atoms with Gasteiger partial charge in [-0.2, -0.15) is 0 Å². The smallest absolute Gasteiger partial charge is 0.345 e. The number of carboxylic acid groups (broad SMARTS) is 1. The van der Waals surface area contributed by atoms with Gasteiger partial charge >= 0.3 is 5.97 Å². The summed E-state index contributed by atoms with van der Waals surface area (Å²) in [5.74, 6) is 0.692. The molecule has 0 amide bonds. The van der Waals surface area contributed by atoms with Gasteiger partial charge in [0.15, 0.2) is 5.56 Å². The van der Waals surface area contributed by atoms with Crippen LogP contribution in [0.1, 0.15) is 33.6 Å². The number of H-pyrrole nitrogens is 1. The first kappa shape index (κ1) is 18.8. The van der Waals surface area contributed by atoms with Crippen LogP contribution in [0.25, 0.3) is 22.2 Å². The maximum absolute atomic E-state index is 12.3. The van der Waals surface area contributed by atoms with Gasteiger partial charge in [-0.3, -0.25) is 4.79 Å². The third-order valence-corrected chi connectivity index (χ3v) is 5.55. The Hall–Kier alpha value is -3.50. The zero-order chi connectivity index (χ0) is 20.7. The van der Waals surface area contributed by atoms with Crippen molar-refractivity contribution in [2.75, 3.05) is 6.54 Å². The molecule has 0 aliphatic heterocycles. The number of aromatic nitrogens is 2. The molecule has 0 spiro atoms. The zero-order valence-electron chi connectivity index (χ0n) is 16.0. The minimum atomic E-state index is -1.43. The van der Waals surface area contributed by atoms with Gasteiger partial charge in [0.1, 0.15) is 5.75 Å². The van der Waals surface area contributed by atoms with E-state index in [1.54, 1.807) is 0 Å². The van der Waals surface area contributed by atoms with E-state index in [1.807, 2.05) is 13.1 Å². The molecular weight excluding hydrogens is 370 g/mol. The molecule has 2 heterocycles. The van der Waals surface area contributed by atoms with Crippen LogP contribution in [0.15, 0.2) is 23.0 Å². The highest BCUT2D eigenvalue weighted by molar-refractivity contribution is 5.93. The Morgan fingerprint density at radius 1 is 1.34 bits per heavy atom. The van der Waals surface area contributed by atoms with Gasteiger partial charge in [-0.1, -0.05) is 5.92 Å². The van der Waals surface area contributed by atoms with Crippen LogP contribution in [0.2, 0.25) is 0 Å². The number of hydrogen-bond acceptors (Lipinski definition) is 4. The molecule has 0 radical (unpaired) electrons. The Balaban J connectivity index is 1.91. The van der Waals surface area contributed by atoms with E-state index in [1.165, 1.54) is 0 Å². The minimum absolute atomic E-state index is 0.434. The normalized spacial score (nSPS) is 12.8. The number of carbonyl (C=O) groups is 1. The van der Waals surface area contributed by atoms with Crippen molar-refractivity contribution in [3.05, 3.63) is 50.9 Å². The molecule has 0 saturated carbocycles. The van der Waals surface area contributed by atoms with Gasteiger partial charge in [-0.15, -0.1) is 6.42 Å². The lowest BCUT2D eigenvalue weighted by atomic mass is 9.98. The number of carboxylic acids is 1. The number of fused-ring (bicyclic) bond motifs is 4. The summed E-state index contributed by atoms with van der Waals surface area (Å²) in [7, 11) is 2.00. The monoisotopic (exact) mass is 391 g/mol. The quantitative estimate of drug-likeness (QED) is 0.403. The van der Waals surface area contributed by atoms with Crippen LogP contribution < -0.4 is 10.9 Å². The molecule has 1 aliphatic rings. The maximum atomic E-state index is 12.3. The summed E-state index contributed by atoms with van der Waals surface area (Å²) < 4.78 is 2.11.